The van der Waals surface area contributed by atoms with Crippen molar-refractivity contribution in [2.75, 3.05) is 13.3 Å². The van der Waals surface area contributed by atoms with Crippen molar-refractivity contribution in [1.29, 1.82) is 0 Å². The summed E-state index contributed by atoms with van der Waals surface area (Å²) in [6, 6.07) is 0. The molecule has 0 saturated heterocycles. The van der Waals surface area contributed by atoms with Crippen molar-refractivity contribution in [1.82, 2.24) is 9.97 Å². The van der Waals surface area contributed by atoms with E-state index >= 15 is 0 Å². The summed E-state index contributed by atoms with van der Waals surface area (Å²) < 4.78 is 0. The third-order valence-corrected chi connectivity index (χ3v) is 3.47. The third kappa shape index (κ3) is 10.4. The van der Waals surface area contributed by atoms with Crippen LogP contribution in [0.1, 0.15) is 13.8 Å². The van der Waals surface area contributed by atoms with Gasteiger partial charge in [0.2, 0.25) is 0 Å². The van der Waals surface area contributed by atoms with Crippen LogP contribution in [-0.2, 0) is 22.4 Å². The molecule has 4 heteroatoms. The first kappa shape index (κ1) is 14.9. The number of imidazole rings is 1. The van der Waals surface area contributed by atoms with Gasteiger partial charge in [0, 0.05) is 0 Å². The number of hydrogen-bond donors (Lipinski definition) is 0. The minimum Gasteiger partial charge on any atom is -0.450 e. The first-order valence-corrected chi connectivity index (χ1v) is 5.98. The minimum absolute atomic E-state index is 0. The van der Waals surface area contributed by atoms with Crippen molar-refractivity contribution < 1.29 is 22.4 Å². The topological polar surface area (TPSA) is 27.0 Å². The molecule has 1 aromatic heterocycles. The van der Waals surface area contributed by atoms with Gasteiger partial charge in [-0.2, -0.15) is 0 Å². The van der Waals surface area contributed by atoms with Crippen LogP contribution >= 0.6 is 7.92 Å². The number of hydrogen-bond acceptors (Lipinski definition) is 1. The molecule has 0 aliphatic rings. The van der Waals surface area contributed by atoms with E-state index in [1.54, 1.807) is 12.4 Å². The van der Waals surface area contributed by atoms with Crippen LogP contribution in [0.5, 0.6) is 0 Å². The summed E-state index contributed by atoms with van der Waals surface area (Å²) >= 11 is 0. The Morgan fingerprint density at radius 1 is 1.33 bits per heavy atom. The predicted octanol–water partition coefficient (Wildman–Crippen LogP) is 2.17. The maximum atomic E-state index is 3.61. The van der Waals surface area contributed by atoms with Crippen LogP contribution in [0.4, 0.5) is 0 Å². The van der Waals surface area contributed by atoms with Crippen LogP contribution in [0, 0.1) is 0 Å². The Labute approximate surface area is 91.8 Å². The van der Waals surface area contributed by atoms with Crippen LogP contribution in [-0.4, -0.2) is 24.0 Å². The molecule has 0 aliphatic heterocycles. The van der Waals surface area contributed by atoms with Crippen molar-refractivity contribution in [3.63, 3.8) is 0 Å². The molecule has 0 aliphatic carbocycles. The van der Waals surface area contributed by atoms with E-state index in [9.17, 15) is 0 Å². The summed E-state index contributed by atoms with van der Waals surface area (Å²) in [5.41, 5.74) is 0.917. The molecule has 0 spiro atoms. The van der Waals surface area contributed by atoms with Crippen molar-refractivity contribution in [3.05, 3.63) is 18.7 Å². The van der Waals surface area contributed by atoms with Crippen molar-refractivity contribution >= 4 is 7.92 Å². The number of aromatic nitrogens is 2. The molecule has 0 atom stereocenters. The SMILES string of the molecule is CC(C)P(C)C.[Au+].c1c[n-]cn1. The third-order valence-electron chi connectivity index (χ3n) is 1.40. The minimum atomic E-state index is 0. The molecule has 0 N–H and O–H groups in total. The Kier molecular flexibility index (Phi) is 11.7. The second-order valence-electron chi connectivity index (χ2n) is 2.77. The summed E-state index contributed by atoms with van der Waals surface area (Å²) in [5.74, 6) is 0. The Hall–Kier alpha value is 0.380. The number of rotatable bonds is 1. The number of nitrogens with zero attached hydrogens (tertiary/aromatic N) is 2. The fraction of sp³-hybridized carbons (Fsp3) is 0.625. The monoisotopic (exact) mass is 368 g/mol. The molecule has 74 valence electrons. The van der Waals surface area contributed by atoms with Gasteiger partial charge in [0.15, 0.2) is 0 Å². The Balaban J connectivity index is 0. The fourth-order valence-corrected chi connectivity index (χ4v) is 0.192. The van der Waals surface area contributed by atoms with E-state index < -0.39 is 0 Å². The van der Waals surface area contributed by atoms with Crippen molar-refractivity contribution in [2.24, 2.45) is 0 Å². The van der Waals surface area contributed by atoms with Crippen LogP contribution in [0.15, 0.2) is 18.7 Å². The molecule has 0 radical (unpaired) electrons. The average molecular weight is 368 g/mol. The summed E-state index contributed by atoms with van der Waals surface area (Å²) in [6.07, 6.45) is 4.78. The van der Waals surface area contributed by atoms with Crippen molar-refractivity contribution in [2.45, 2.75) is 19.5 Å². The maximum Gasteiger partial charge on any atom is 1.00 e. The van der Waals surface area contributed by atoms with E-state index in [0.29, 0.717) is 7.92 Å². The van der Waals surface area contributed by atoms with E-state index in [-0.39, 0.29) is 22.4 Å². The smallest absolute Gasteiger partial charge is 0.450 e. The largest absolute Gasteiger partial charge is 1.00 e. The van der Waals surface area contributed by atoms with Gasteiger partial charge in [-0.3, -0.25) is 0 Å². The molecule has 2 nitrogen and oxygen atoms in total. The molecule has 0 aromatic carbocycles. The van der Waals surface area contributed by atoms with E-state index in [4.69, 9.17) is 0 Å². The van der Waals surface area contributed by atoms with E-state index in [2.05, 4.69) is 37.1 Å². The standard InChI is InChI=1S/C5H13P.C3H3N2.Au/c1-5(2)6(3)4;1-2-5-3-4-1;/h5H,1-4H3;1-3H;/q;-1;+1. The van der Waals surface area contributed by atoms with Crippen LogP contribution < -0.4 is 4.98 Å². The van der Waals surface area contributed by atoms with Gasteiger partial charge in [0.05, 0.1) is 0 Å². The second kappa shape index (κ2) is 9.47. The van der Waals surface area contributed by atoms with Gasteiger partial charge in [-0.05, 0) is 19.0 Å². The molecule has 0 unspecified atom stereocenters. The molecular weight excluding hydrogens is 352 g/mol. The van der Waals surface area contributed by atoms with Crippen LogP contribution in [0.25, 0.3) is 0 Å². The second-order valence-corrected chi connectivity index (χ2v) is 5.73. The molecule has 0 saturated carbocycles. The first-order chi connectivity index (χ1) is 5.14. The molecule has 0 amide bonds. The molecule has 0 fully saturated rings. The molecular formula is C8H16AuN2P. The zero-order chi connectivity index (χ0) is 8.69. The van der Waals surface area contributed by atoms with E-state index in [1.165, 1.54) is 6.33 Å². The zero-order valence-corrected chi connectivity index (χ0v) is 11.0. The Morgan fingerprint density at radius 3 is 1.92 bits per heavy atom. The Morgan fingerprint density at radius 2 is 1.83 bits per heavy atom. The van der Waals surface area contributed by atoms with Crippen LogP contribution in [0.2, 0.25) is 0 Å². The average Bonchev–Trinajstić information content (AvgIpc) is 2.41. The first-order valence-electron chi connectivity index (χ1n) is 3.67. The summed E-state index contributed by atoms with van der Waals surface area (Å²) in [7, 11) is 0.341. The van der Waals surface area contributed by atoms with Gasteiger partial charge >= 0.3 is 22.4 Å². The van der Waals surface area contributed by atoms with Crippen LogP contribution in [0.3, 0.4) is 0 Å². The molecule has 1 aromatic rings. The molecule has 1 heterocycles. The molecule has 12 heavy (non-hydrogen) atoms. The van der Waals surface area contributed by atoms with E-state index in [1.807, 2.05) is 0 Å². The predicted molar refractivity (Wildman–Crippen MR) is 51.5 cm³/mol. The molecule has 0 bridgehead atoms. The summed E-state index contributed by atoms with van der Waals surface area (Å²) in [6.45, 7) is 9.15. The van der Waals surface area contributed by atoms with Gasteiger partial charge in [-0.15, -0.1) is 7.92 Å². The Bertz CT molecular complexity index is 129. The van der Waals surface area contributed by atoms with Gasteiger partial charge in [-0.1, -0.05) is 32.6 Å². The van der Waals surface area contributed by atoms with Gasteiger partial charge in [-0.25, -0.2) is 0 Å². The quantitative estimate of drug-likeness (QED) is 0.561. The summed E-state index contributed by atoms with van der Waals surface area (Å²) in [4.78, 5) is 7.22. The fourth-order valence-electron chi connectivity index (χ4n) is 0.192. The summed E-state index contributed by atoms with van der Waals surface area (Å²) in [5, 5.41) is 0. The maximum absolute atomic E-state index is 3.61. The van der Waals surface area contributed by atoms with Crippen molar-refractivity contribution in [3.8, 4) is 0 Å². The van der Waals surface area contributed by atoms with Gasteiger partial charge in [0.1, 0.15) is 0 Å². The zero-order valence-electron chi connectivity index (χ0n) is 7.95. The normalized spacial score (nSPS) is 8.83. The van der Waals surface area contributed by atoms with E-state index in [0.717, 1.165) is 5.66 Å². The molecule has 1 rings (SSSR count). The van der Waals surface area contributed by atoms with Gasteiger partial charge < -0.3 is 9.97 Å². The van der Waals surface area contributed by atoms with Gasteiger partial charge in [0.25, 0.3) is 0 Å².